The van der Waals surface area contributed by atoms with Crippen molar-refractivity contribution in [2.75, 3.05) is 12.1 Å². The molecule has 0 fully saturated rings. The molecule has 2 heterocycles. The lowest BCUT2D eigenvalue weighted by Gasteiger charge is -2.12. The summed E-state index contributed by atoms with van der Waals surface area (Å²) in [5.41, 5.74) is 7.28. The van der Waals surface area contributed by atoms with Crippen molar-refractivity contribution in [3.63, 3.8) is 0 Å². The van der Waals surface area contributed by atoms with Crippen LogP contribution in [0.5, 0.6) is 11.5 Å². The van der Waals surface area contributed by atoms with Crippen LogP contribution in [-0.2, 0) is 12.8 Å². The number of hydrogen-bond acceptors (Lipinski definition) is 6. The highest BCUT2D eigenvalue weighted by Crippen LogP contribution is 2.33. The van der Waals surface area contributed by atoms with Gasteiger partial charge in [0, 0.05) is 21.5 Å². The lowest BCUT2D eigenvalue weighted by molar-refractivity contribution is 0.0953. The predicted molar refractivity (Wildman–Crippen MR) is 128 cm³/mol. The molecule has 7 nitrogen and oxygen atoms in total. The third kappa shape index (κ3) is 4.47. The Morgan fingerprint density at radius 1 is 0.939 bits per heavy atom. The zero-order chi connectivity index (χ0) is 22.8. The van der Waals surface area contributed by atoms with E-state index in [1.807, 2.05) is 24.4 Å². The van der Waals surface area contributed by atoms with Gasteiger partial charge in [0.15, 0.2) is 11.5 Å². The second-order valence-corrected chi connectivity index (χ2v) is 8.96. The van der Waals surface area contributed by atoms with E-state index in [1.54, 1.807) is 41.7 Å². The van der Waals surface area contributed by atoms with Gasteiger partial charge in [-0.25, -0.2) is 5.43 Å². The Hall–Kier alpha value is -3.65. The molecule has 8 heteroatoms. The molecule has 3 aromatic rings. The van der Waals surface area contributed by atoms with Gasteiger partial charge in [-0.15, -0.1) is 11.3 Å². The summed E-state index contributed by atoms with van der Waals surface area (Å²) in [4.78, 5) is 26.5. The summed E-state index contributed by atoms with van der Waals surface area (Å²) in [5.74, 6) is 0.797. The van der Waals surface area contributed by atoms with E-state index >= 15 is 0 Å². The molecular weight excluding hydrogens is 438 g/mol. The number of nitrogens with one attached hydrogen (secondary N) is 2. The molecule has 33 heavy (non-hydrogen) atoms. The number of benzene rings is 2. The van der Waals surface area contributed by atoms with E-state index in [0.717, 1.165) is 30.4 Å². The van der Waals surface area contributed by atoms with Gasteiger partial charge in [0.05, 0.1) is 11.3 Å². The highest BCUT2D eigenvalue weighted by Gasteiger charge is 2.20. The summed E-state index contributed by atoms with van der Waals surface area (Å²) in [7, 11) is 0. The molecule has 2 N–H and O–H groups in total. The monoisotopic (exact) mass is 461 g/mol. The molecule has 0 saturated carbocycles. The fraction of sp³-hybridized carbons (Fsp3) is 0.240. The van der Waals surface area contributed by atoms with Crippen LogP contribution in [0.4, 0.5) is 5.69 Å². The van der Waals surface area contributed by atoms with E-state index in [2.05, 4.69) is 15.8 Å². The number of fused-ring (bicyclic) bond motifs is 2. The minimum atomic E-state index is -0.238. The second-order valence-electron chi connectivity index (χ2n) is 8.00. The Morgan fingerprint density at radius 3 is 2.55 bits per heavy atom. The highest BCUT2D eigenvalue weighted by atomic mass is 32.1. The number of hydrogen-bond donors (Lipinski definition) is 2. The molecule has 0 bridgehead atoms. The molecule has 2 aromatic carbocycles. The summed E-state index contributed by atoms with van der Waals surface area (Å²) in [6, 6.07) is 12.4. The van der Waals surface area contributed by atoms with Gasteiger partial charge in [-0.1, -0.05) is 12.1 Å². The number of rotatable bonds is 5. The number of carbonyl (C=O) groups excluding carboxylic acids is 2. The molecule has 1 aliphatic heterocycles. The van der Waals surface area contributed by atoms with Gasteiger partial charge in [-0.3, -0.25) is 9.59 Å². The molecular formula is C25H23N3O4S. The van der Waals surface area contributed by atoms with E-state index < -0.39 is 0 Å². The van der Waals surface area contributed by atoms with E-state index in [-0.39, 0.29) is 18.6 Å². The third-order valence-electron chi connectivity index (χ3n) is 5.83. The number of ether oxygens (including phenoxy) is 2. The van der Waals surface area contributed by atoms with Crippen LogP contribution < -0.4 is 20.2 Å². The number of amides is 2. The van der Waals surface area contributed by atoms with E-state index in [4.69, 9.17) is 9.47 Å². The number of carbonyl (C=O) groups is 2. The molecule has 168 valence electrons. The van der Waals surface area contributed by atoms with Gasteiger partial charge < -0.3 is 14.8 Å². The SMILES string of the molecule is C/C(=N\NC(=O)c1csc2c1CCCC2)c1ccc(NC(=O)c2ccc3c(c2)OCO3)cc1. The summed E-state index contributed by atoms with van der Waals surface area (Å²) >= 11 is 1.66. The maximum Gasteiger partial charge on any atom is 0.272 e. The van der Waals surface area contributed by atoms with E-state index in [0.29, 0.717) is 28.5 Å². The first-order valence-corrected chi connectivity index (χ1v) is 11.7. The first kappa shape index (κ1) is 21.2. The predicted octanol–water partition coefficient (Wildman–Crippen LogP) is 4.76. The topological polar surface area (TPSA) is 89.0 Å². The number of aryl methyl sites for hydroxylation is 1. The molecule has 0 saturated heterocycles. The molecule has 0 unspecified atom stereocenters. The zero-order valence-electron chi connectivity index (χ0n) is 18.1. The molecule has 1 aliphatic carbocycles. The van der Waals surface area contributed by atoms with Crippen LogP contribution in [0, 0.1) is 0 Å². The minimum absolute atomic E-state index is 0.165. The fourth-order valence-electron chi connectivity index (χ4n) is 3.98. The van der Waals surface area contributed by atoms with Crippen molar-refractivity contribution in [1.82, 2.24) is 5.43 Å². The Morgan fingerprint density at radius 2 is 1.70 bits per heavy atom. The normalized spacial score (nSPS) is 14.5. The quantitative estimate of drug-likeness (QED) is 0.423. The van der Waals surface area contributed by atoms with E-state index in [1.165, 1.54) is 16.9 Å². The largest absolute Gasteiger partial charge is 0.454 e. The average Bonchev–Trinajstić information content (AvgIpc) is 3.49. The second kappa shape index (κ2) is 9.07. The first-order chi connectivity index (χ1) is 16.1. The van der Waals surface area contributed by atoms with Crippen molar-refractivity contribution >= 4 is 34.6 Å². The Balaban J connectivity index is 1.21. The lowest BCUT2D eigenvalue weighted by Crippen LogP contribution is -2.20. The minimum Gasteiger partial charge on any atom is -0.454 e. The highest BCUT2D eigenvalue weighted by molar-refractivity contribution is 7.10. The summed E-state index contributed by atoms with van der Waals surface area (Å²) in [6.07, 6.45) is 4.35. The van der Waals surface area contributed by atoms with Gasteiger partial charge in [-0.05, 0) is 74.1 Å². The fourth-order valence-corrected chi connectivity index (χ4v) is 5.11. The summed E-state index contributed by atoms with van der Waals surface area (Å²) in [5, 5.41) is 9.09. The van der Waals surface area contributed by atoms with Crippen molar-refractivity contribution in [1.29, 1.82) is 0 Å². The van der Waals surface area contributed by atoms with Crippen LogP contribution in [0.15, 0.2) is 52.9 Å². The molecule has 0 radical (unpaired) electrons. The van der Waals surface area contributed by atoms with Crippen LogP contribution in [0.1, 0.15) is 56.5 Å². The zero-order valence-corrected chi connectivity index (χ0v) is 19.0. The van der Waals surface area contributed by atoms with Crippen molar-refractivity contribution in [2.45, 2.75) is 32.6 Å². The Kier molecular flexibility index (Phi) is 5.83. The van der Waals surface area contributed by atoms with Gasteiger partial charge in [-0.2, -0.15) is 5.10 Å². The number of anilines is 1. The molecule has 5 rings (SSSR count). The number of thiophene rings is 1. The molecule has 1 aromatic heterocycles. The van der Waals surface area contributed by atoms with Gasteiger partial charge in [0.2, 0.25) is 6.79 Å². The van der Waals surface area contributed by atoms with E-state index in [9.17, 15) is 9.59 Å². The Bertz CT molecular complexity index is 1250. The van der Waals surface area contributed by atoms with Gasteiger partial charge in [0.25, 0.3) is 11.8 Å². The van der Waals surface area contributed by atoms with Gasteiger partial charge in [0.1, 0.15) is 0 Å². The summed E-state index contributed by atoms with van der Waals surface area (Å²) < 4.78 is 10.6. The number of nitrogens with zero attached hydrogens (tertiary/aromatic N) is 1. The van der Waals surface area contributed by atoms with Crippen LogP contribution in [0.2, 0.25) is 0 Å². The maximum atomic E-state index is 12.6. The van der Waals surface area contributed by atoms with Crippen LogP contribution >= 0.6 is 11.3 Å². The van der Waals surface area contributed by atoms with Gasteiger partial charge >= 0.3 is 0 Å². The molecule has 2 amide bonds. The van der Waals surface area contributed by atoms with Crippen LogP contribution in [-0.4, -0.2) is 24.3 Å². The molecule has 2 aliphatic rings. The van der Waals surface area contributed by atoms with Crippen molar-refractivity contribution in [3.8, 4) is 11.5 Å². The lowest BCUT2D eigenvalue weighted by atomic mass is 9.96. The van der Waals surface area contributed by atoms with Crippen molar-refractivity contribution in [2.24, 2.45) is 5.10 Å². The molecule has 0 spiro atoms. The van der Waals surface area contributed by atoms with Crippen molar-refractivity contribution < 1.29 is 19.1 Å². The average molecular weight is 462 g/mol. The summed E-state index contributed by atoms with van der Waals surface area (Å²) in [6.45, 7) is 2.00. The first-order valence-electron chi connectivity index (χ1n) is 10.8. The standard InChI is InChI=1S/C25H23N3O4S/c1-15(27-28-25(30)20-13-33-23-5-3-2-4-19(20)23)16-6-9-18(10-7-16)26-24(29)17-8-11-21-22(12-17)32-14-31-21/h6-13H,2-5,14H2,1H3,(H,26,29)(H,28,30)/b27-15+. The van der Waals surface area contributed by atoms with Crippen LogP contribution in [0.3, 0.4) is 0 Å². The molecule has 0 atom stereocenters. The van der Waals surface area contributed by atoms with Crippen LogP contribution in [0.25, 0.3) is 0 Å². The smallest absolute Gasteiger partial charge is 0.272 e. The number of hydrazone groups is 1. The maximum absolute atomic E-state index is 12.6. The van der Waals surface area contributed by atoms with Crippen molar-refractivity contribution in [3.05, 3.63) is 75.0 Å². The Labute approximate surface area is 195 Å². The third-order valence-corrected chi connectivity index (χ3v) is 6.92.